The van der Waals surface area contributed by atoms with Crippen molar-refractivity contribution in [2.24, 2.45) is 0 Å². The number of nitrogens with one attached hydrogen (secondary N) is 3. The standard InChI is InChI=1S/C17H17N3O3/c1-10-3-5-12(6-4-10)23-9-16(21)18-13-8-15-14(7-11(13)2)19-17(22)20-15/h3-8H,9H2,1-2H3,(H,18,21)(H2,19,20,22). The molecule has 3 rings (SSSR count). The Bertz CT molecular complexity index is 907. The number of aryl methyl sites for hydroxylation is 2. The lowest BCUT2D eigenvalue weighted by Gasteiger charge is -2.10. The van der Waals surface area contributed by atoms with Crippen molar-refractivity contribution in [3.63, 3.8) is 0 Å². The highest BCUT2D eigenvalue weighted by molar-refractivity contribution is 5.95. The number of carbonyl (C=O) groups excluding carboxylic acids is 1. The number of hydrogen-bond donors (Lipinski definition) is 3. The highest BCUT2D eigenvalue weighted by atomic mass is 16.5. The summed E-state index contributed by atoms with van der Waals surface area (Å²) < 4.78 is 5.45. The van der Waals surface area contributed by atoms with Crippen LogP contribution in [0.2, 0.25) is 0 Å². The predicted molar refractivity (Wildman–Crippen MR) is 89.0 cm³/mol. The van der Waals surface area contributed by atoms with E-state index in [1.54, 1.807) is 6.07 Å². The van der Waals surface area contributed by atoms with E-state index in [2.05, 4.69) is 15.3 Å². The molecule has 0 unspecified atom stereocenters. The molecule has 3 N–H and O–H groups in total. The second-order valence-corrected chi connectivity index (χ2v) is 5.44. The number of H-pyrrole nitrogens is 2. The van der Waals surface area contributed by atoms with Crippen LogP contribution in [0.15, 0.2) is 41.2 Å². The molecule has 0 aliphatic heterocycles. The van der Waals surface area contributed by atoms with Crippen molar-refractivity contribution in [1.29, 1.82) is 0 Å². The number of aromatic amines is 2. The van der Waals surface area contributed by atoms with Gasteiger partial charge in [-0.25, -0.2) is 4.79 Å². The SMILES string of the molecule is Cc1ccc(OCC(=O)Nc2cc3[nH]c(=O)[nH]c3cc2C)cc1. The van der Waals surface area contributed by atoms with Crippen LogP contribution in [0.4, 0.5) is 5.69 Å². The van der Waals surface area contributed by atoms with E-state index in [-0.39, 0.29) is 18.2 Å². The number of anilines is 1. The molecular formula is C17H17N3O3. The summed E-state index contributed by atoms with van der Waals surface area (Å²) in [5.41, 5.74) is 3.72. The van der Waals surface area contributed by atoms with Gasteiger partial charge < -0.3 is 20.0 Å². The number of imidazole rings is 1. The number of benzene rings is 2. The molecular weight excluding hydrogens is 294 g/mol. The molecule has 3 aromatic rings. The average Bonchev–Trinajstić information content (AvgIpc) is 2.86. The smallest absolute Gasteiger partial charge is 0.323 e. The van der Waals surface area contributed by atoms with E-state index in [9.17, 15) is 9.59 Å². The molecule has 0 saturated carbocycles. The zero-order valence-electron chi connectivity index (χ0n) is 12.9. The molecule has 6 heteroatoms. The van der Waals surface area contributed by atoms with E-state index in [1.807, 2.05) is 44.2 Å². The second-order valence-electron chi connectivity index (χ2n) is 5.44. The van der Waals surface area contributed by atoms with Crippen LogP contribution in [-0.4, -0.2) is 22.5 Å². The van der Waals surface area contributed by atoms with E-state index in [4.69, 9.17) is 4.74 Å². The first kappa shape index (κ1) is 14.9. The molecule has 2 aromatic carbocycles. The number of carbonyl (C=O) groups is 1. The first-order valence-corrected chi connectivity index (χ1v) is 7.23. The fourth-order valence-corrected chi connectivity index (χ4v) is 2.29. The quantitative estimate of drug-likeness (QED) is 0.692. The fourth-order valence-electron chi connectivity index (χ4n) is 2.29. The number of amides is 1. The number of fused-ring (bicyclic) bond motifs is 1. The fraction of sp³-hybridized carbons (Fsp3) is 0.176. The zero-order chi connectivity index (χ0) is 16.4. The topological polar surface area (TPSA) is 87.0 Å². The van der Waals surface area contributed by atoms with E-state index in [1.165, 1.54) is 0 Å². The summed E-state index contributed by atoms with van der Waals surface area (Å²) in [6, 6.07) is 11.0. The molecule has 6 nitrogen and oxygen atoms in total. The van der Waals surface area contributed by atoms with Gasteiger partial charge in [0.1, 0.15) is 5.75 Å². The van der Waals surface area contributed by atoms with Crippen molar-refractivity contribution < 1.29 is 9.53 Å². The van der Waals surface area contributed by atoms with Crippen LogP contribution in [0.3, 0.4) is 0 Å². The molecule has 0 saturated heterocycles. The lowest BCUT2D eigenvalue weighted by molar-refractivity contribution is -0.118. The summed E-state index contributed by atoms with van der Waals surface area (Å²) in [4.78, 5) is 28.7. The highest BCUT2D eigenvalue weighted by Gasteiger charge is 2.08. The van der Waals surface area contributed by atoms with E-state index in [0.29, 0.717) is 22.5 Å². The molecule has 118 valence electrons. The molecule has 23 heavy (non-hydrogen) atoms. The first-order valence-electron chi connectivity index (χ1n) is 7.23. The van der Waals surface area contributed by atoms with Gasteiger partial charge in [0, 0.05) is 5.69 Å². The van der Waals surface area contributed by atoms with Gasteiger partial charge in [0.05, 0.1) is 11.0 Å². The lowest BCUT2D eigenvalue weighted by atomic mass is 10.1. The van der Waals surface area contributed by atoms with Crippen molar-refractivity contribution in [3.05, 3.63) is 58.0 Å². The summed E-state index contributed by atoms with van der Waals surface area (Å²) >= 11 is 0. The molecule has 0 aliphatic rings. The van der Waals surface area contributed by atoms with Gasteiger partial charge in [-0.1, -0.05) is 17.7 Å². The normalized spacial score (nSPS) is 10.7. The van der Waals surface area contributed by atoms with Crippen LogP contribution in [0.5, 0.6) is 5.75 Å². The minimum absolute atomic E-state index is 0.0792. The lowest BCUT2D eigenvalue weighted by Crippen LogP contribution is -2.20. The monoisotopic (exact) mass is 311 g/mol. The van der Waals surface area contributed by atoms with Crippen molar-refractivity contribution in [2.75, 3.05) is 11.9 Å². The maximum atomic E-state index is 12.0. The van der Waals surface area contributed by atoms with Gasteiger partial charge in [0.2, 0.25) is 0 Å². The number of hydrogen-bond acceptors (Lipinski definition) is 3. The van der Waals surface area contributed by atoms with Gasteiger partial charge in [-0.05, 0) is 43.7 Å². The maximum absolute atomic E-state index is 12.0. The van der Waals surface area contributed by atoms with Crippen molar-refractivity contribution in [2.45, 2.75) is 13.8 Å². The largest absolute Gasteiger partial charge is 0.484 e. The third-order valence-corrected chi connectivity index (χ3v) is 3.53. The van der Waals surface area contributed by atoms with E-state index >= 15 is 0 Å². The Morgan fingerprint density at radius 2 is 1.74 bits per heavy atom. The van der Waals surface area contributed by atoms with Gasteiger partial charge in [-0.2, -0.15) is 0 Å². The summed E-state index contributed by atoms with van der Waals surface area (Å²) in [6.07, 6.45) is 0. The summed E-state index contributed by atoms with van der Waals surface area (Å²) in [5.74, 6) is 0.388. The van der Waals surface area contributed by atoms with Gasteiger partial charge in [-0.3, -0.25) is 4.79 Å². The van der Waals surface area contributed by atoms with Crippen molar-refractivity contribution >= 4 is 22.6 Å². The van der Waals surface area contributed by atoms with Crippen LogP contribution in [0.25, 0.3) is 11.0 Å². The molecule has 0 radical (unpaired) electrons. The molecule has 0 bridgehead atoms. The molecule has 1 amide bonds. The summed E-state index contributed by atoms with van der Waals surface area (Å²) in [5, 5.41) is 2.79. The second kappa shape index (κ2) is 6.00. The van der Waals surface area contributed by atoms with Crippen LogP contribution in [0, 0.1) is 13.8 Å². The Kier molecular flexibility index (Phi) is 3.89. The molecule has 0 spiro atoms. The molecule has 0 aliphatic carbocycles. The minimum Gasteiger partial charge on any atom is -0.484 e. The van der Waals surface area contributed by atoms with Crippen molar-refractivity contribution in [1.82, 2.24) is 9.97 Å². The van der Waals surface area contributed by atoms with Gasteiger partial charge >= 0.3 is 5.69 Å². The Morgan fingerprint density at radius 1 is 1.09 bits per heavy atom. The summed E-state index contributed by atoms with van der Waals surface area (Å²) in [7, 11) is 0. The number of aromatic nitrogens is 2. The Balaban J connectivity index is 1.68. The predicted octanol–water partition coefficient (Wildman–Crippen LogP) is 2.49. The van der Waals surface area contributed by atoms with Gasteiger partial charge in [-0.15, -0.1) is 0 Å². The first-order chi connectivity index (χ1) is 11.0. The van der Waals surface area contributed by atoms with E-state index in [0.717, 1.165) is 11.1 Å². The Labute approximate surface area is 132 Å². The number of ether oxygens (including phenoxy) is 1. The zero-order valence-corrected chi connectivity index (χ0v) is 12.9. The molecule has 1 aromatic heterocycles. The van der Waals surface area contributed by atoms with Crippen LogP contribution in [-0.2, 0) is 4.79 Å². The van der Waals surface area contributed by atoms with Gasteiger partial charge in [0.25, 0.3) is 5.91 Å². The van der Waals surface area contributed by atoms with Crippen molar-refractivity contribution in [3.8, 4) is 5.75 Å². The summed E-state index contributed by atoms with van der Waals surface area (Å²) in [6.45, 7) is 3.77. The van der Waals surface area contributed by atoms with Crippen LogP contribution >= 0.6 is 0 Å². The highest BCUT2D eigenvalue weighted by Crippen LogP contribution is 2.20. The third-order valence-electron chi connectivity index (χ3n) is 3.53. The van der Waals surface area contributed by atoms with E-state index < -0.39 is 0 Å². The Hall–Kier alpha value is -3.02. The third kappa shape index (κ3) is 3.42. The Morgan fingerprint density at radius 3 is 2.43 bits per heavy atom. The molecule has 0 fully saturated rings. The minimum atomic E-state index is -0.273. The van der Waals surface area contributed by atoms with Gasteiger partial charge in [0.15, 0.2) is 6.61 Å². The van der Waals surface area contributed by atoms with Crippen LogP contribution < -0.4 is 15.7 Å². The van der Waals surface area contributed by atoms with Crippen LogP contribution in [0.1, 0.15) is 11.1 Å². The number of rotatable bonds is 4. The molecule has 1 heterocycles. The molecule has 0 atom stereocenters. The maximum Gasteiger partial charge on any atom is 0.323 e. The average molecular weight is 311 g/mol.